The molecule has 0 saturated carbocycles. The van der Waals surface area contributed by atoms with Crippen LogP contribution in [-0.4, -0.2) is 73.4 Å². The number of quaternary nitrogens is 1. The number of aliphatic hydroxyl groups is 1. The van der Waals surface area contributed by atoms with Crippen LogP contribution in [0.2, 0.25) is 0 Å². The molecule has 0 aliphatic rings. The number of phosphoric ester groups is 1. The maximum atomic E-state index is 13.0. The van der Waals surface area contributed by atoms with Crippen LogP contribution in [0.15, 0.2) is 24.3 Å². The van der Waals surface area contributed by atoms with E-state index in [1.54, 1.807) is 6.08 Å². The van der Waals surface area contributed by atoms with Gasteiger partial charge in [-0.05, 0) is 32.1 Å². The molecule has 0 radical (unpaired) electrons. The molecule has 416 valence electrons. The highest BCUT2D eigenvalue weighted by Crippen LogP contribution is 2.43. The van der Waals surface area contributed by atoms with Crippen molar-refractivity contribution < 1.29 is 32.9 Å². The first-order valence-electron chi connectivity index (χ1n) is 30.7. The molecule has 0 rings (SSSR count). The minimum Gasteiger partial charge on any atom is -0.387 e. The third-order valence-electron chi connectivity index (χ3n) is 14.2. The van der Waals surface area contributed by atoms with Crippen LogP contribution in [-0.2, 0) is 18.4 Å². The number of carbonyl (C=O) groups excluding carboxylic acids is 1. The Balaban J connectivity index is 4.14. The van der Waals surface area contributed by atoms with Gasteiger partial charge in [0.25, 0.3) is 0 Å². The third-order valence-corrected chi connectivity index (χ3v) is 15.2. The van der Waals surface area contributed by atoms with E-state index in [1.165, 1.54) is 250 Å². The molecule has 8 nitrogen and oxygen atoms in total. The lowest BCUT2D eigenvalue weighted by Crippen LogP contribution is -2.45. The van der Waals surface area contributed by atoms with E-state index in [9.17, 15) is 19.4 Å². The van der Waals surface area contributed by atoms with E-state index in [0.29, 0.717) is 17.4 Å². The fourth-order valence-corrected chi connectivity index (χ4v) is 10.1. The van der Waals surface area contributed by atoms with Crippen LogP contribution in [0.4, 0.5) is 0 Å². The molecule has 70 heavy (non-hydrogen) atoms. The van der Waals surface area contributed by atoms with E-state index < -0.39 is 20.0 Å². The van der Waals surface area contributed by atoms with Crippen LogP contribution in [0.3, 0.4) is 0 Å². The SMILES string of the molecule is CCCCCCCCCCCCCCCCCCCCCCCCCC/C=C/CC/C=C/C(O)C(COP(=O)(O)OCC[N+](C)(C)C)NC(=O)CCCCCCCCCCCCCCCCCCCC. The molecule has 0 fully saturated rings. The second-order valence-electron chi connectivity index (χ2n) is 22.4. The summed E-state index contributed by atoms with van der Waals surface area (Å²) in [7, 11) is 1.57. The van der Waals surface area contributed by atoms with Crippen LogP contribution in [0, 0.1) is 0 Å². The minimum atomic E-state index is -4.35. The number of amides is 1. The summed E-state index contributed by atoms with van der Waals surface area (Å²) < 4.78 is 23.7. The normalized spacial score (nSPS) is 14.0. The highest BCUT2D eigenvalue weighted by Gasteiger charge is 2.27. The quantitative estimate of drug-likeness (QED) is 0.0243. The zero-order valence-electron chi connectivity index (χ0n) is 47.5. The van der Waals surface area contributed by atoms with Crippen molar-refractivity contribution in [2.75, 3.05) is 40.9 Å². The number of hydrogen-bond acceptors (Lipinski definition) is 5. The Labute approximate surface area is 436 Å². The van der Waals surface area contributed by atoms with Crippen LogP contribution in [0.5, 0.6) is 0 Å². The zero-order valence-corrected chi connectivity index (χ0v) is 48.4. The number of likely N-dealkylation sites (N-methyl/N-ethyl adjacent to an activating group) is 1. The van der Waals surface area contributed by atoms with Gasteiger partial charge in [0, 0.05) is 6.42 Å². The fraction of sp³-hybridized carbons (Fsp3) is 0.918. The average molecular weight is 1010 g/mol. The fourth-order valence-electron chi connectivity index (χ4n) is 9.36. The molecule has 3 atom stereocenters. The summed E-state index contributed by atoms with van der Waals surface area (Å²) in [5.74, 6) is -0.181. The highest BCUT2D eigenvalue weighted by molar-refractivity contribution is 7.47. The zero-order chi connectivity index (χ0) is 51.3. The number of unbranched alkanes of at least 4 members (excludes halogenated alkanes) is 42. The monoisotopic (exact) mass is 1010 g/mol. The topological polar surface area (TPSA) is 105 Å². The maximum Gasteiger partial charge on any atom is 0.472 e. The lowest BCUT2D eigenvalue weighted by molar-refractivity contribution is -0.870. The summed E-state index contributed by atoms with van der Waals surface area (Å²) >= 11 is 0. The first-order valence-corrected chi connectivity index (χ1v) is 32.2. The van der Waals surface area contributed by atoms with Crippen molar-refractivity contribution in [1.82, 2.24) is 5.32 Å². The Morgan fingerprint density at radius 1 is 0.471 bits per heavy atom. The van der Waals surface area contributed by atoms with Gasteiger partial charge in [-0.2, -0.15) is 0 Å². The average Bonchev–Trinajstić information content (AvgIpc) is 3.32. The number of aliphatic hydroxyl groups excluding tert-OH is 1. The Morgan fingerprint density at radius 3 is 1.14 bits per heavy atom. The molecule has 0 spiro atoms. The second kappa shape index (κ2) is 52.8. The molecule has 3 N–H and O–H groups in total. The van der Waals surface area contributed by atoms with Crippen LogP contribution in [0.1, 0.15) is 309 Å². The van der Waals surface area contributed by atoms with Crippen molar-refractivity contribution in [1.29, 1.82) is 0 Å². The van der Waals surface area contributed by atoms with Crippen molar-refractivity contribution >= 4 is 13.7 Å². The van der Waals surface area contributed by atoms with Gasteiger partial charge in [-0.25, -0.2) is 4.57 Å². The van der Waals surface area contributed by atoms with Crippen molar-refractivity contribution in [3.8, 4) is 0 Å². The molecular formula is C61H122N2O6P+. The minimum absolute atomic E-state index is 0.0588. The Morgan fingerprint density at radius 2 is 0.786 bits per heavy atom. The maximum absolute atomic E-state index is 13.0. The number of hydrogen-bond donors (Lipinski definition) is 3. The van der Waals surface area contributed by atoms with Gasteiger partial charge in [0.2, 0.25) is 5.91 Å². The van der Waals surface area contributed by atoms with E-state index in [-0.39, 0.29) is 19.1 Å². The lowest BCUT2D eigenvalue weighted by Gasteiger charge is -2.25. The molecule has 0 aliphatic carbocycles. The van der Waals surface area contributed by atoms with E-state index in [4.69, 9.17) is 9.05 Å². The Bertz CT molecular complexity index is 1190. The lowest BCUT2D eigenvalue weighted by atomic mass is 10.0. The number of nitrogens with zero attached hydrogens (tertiary/aromatic N) is 1. The predicted molar refractivity (Wildman–Crippen MR) is 305 cm³/mol. The van der Waals surface area contributed by atoms with E-state index >= 15 is 0 Å². The molecule has 1 amide bonds. The number of rotatable bonds is 57. The third kappa shape index (κ3) is 54.7. The number of carbonyl (C=O) groups is 1. The molecule has 0 heterocycles. The van der Waals surface area contributed by atoms with Gasteiger partial charge in [0.1, 0.15) is 13.2 Å². The van der Waals surface area contributed by atoms with Crippen LogP contribution < -0.4 is 5.32 Å². The van der Waals surface area contributed by atoms with Crippen molar-refractivity contribution in [2.24, 2.45) is 0 Å². The largest absolute Gasteiger partial charge is 0.472 e. The predicted octanol–water partition coefficient (Wildman–Crippen LogP) is 18.8. The summed E-state index contributed by atoms with van der Waals surface area (Å²) in [6.07, 6.45) is 67.3. The molecule has 0 aromatic heterocycles. The van der Waals surface area contributed by atoms with E-state index in [2.05, 4.69) is 31.3 Å². The smallest absolute Gasteiger partial charge is 0.387 e. The Hall–Kier alpha value is -1.02. The molecule has 0 aliphatic heterocycles. The highest BCUT2D eigenvalue weighted by atomic mass is 31.2. The standard InChI is InChI=1S/C61H121N2O6P/c1-6-8-10-12-14-16-18-20-22-24-26-27-28-29-30-31-32-33-34-35-36-37-38-40-42-44-46-48-50-52-54-60(64)59(58-69-70(66,67)68-57-56-63(3,4)5)62-61(65)55-53-51-49-47-45-43-41-39-25-23-21-19-17-15-13-11-9-7-2/h44,46,52,54,59-60,64H,6-43,45,47-51,53,55-58H2,1-5H3,(H-,62,65,66,67)/p+1/b46-44+,54-52+. The first-order chi connectivity index (χ1) is 34.0. The van der Waals surface area contributed by atoms with Gasteiger partial charge in [0.15, 0.2) is 0 Å². The summed E-state index contributed by atoms with van der Waals surface area (Å²) in [6, 6.07) is -0.860. The van der Waals surface area contributed by atoms with Gasteiger partial charge >= 0.3 is 7.82 Å². The number of allylic oxidation sites excluding steroid dienone is 3. The second-order valence-corrected chi connectivity index (χ2v) is 23.9. The molecule has 9 heteroatoms. The van der Waals surface area contributed by atoms with Crippen molar-refractivity contribution in [3.63, 3.8) is 0 Å². The van der Waals surface area contributed by atoms with Gasteiger partial charge < -0.3 is 19.8 Å². The summed E-state index contributed by atoms with van der Waals surface area (Å²) in [5.41, 5.74) is 0. The molecule has 3 unspecified atom stereocenters. The number of nitrogens with one attached hydrogen (secondary N) is 1. The van der Waals surface area contributed by atoms with Gasteiger partial charge in [-0.3, -0.25) is 13.8 Å². The summed E-state index contributed by atoms with van der Waals surface area (Å²) in [4.78, 5) is 23.3. The first kappa shape index (κ1) is 69.0. The number of phosphoric acid groups is 1. The van der Waals surface area contributed by atoms with Crippen molar-refractivity contribution in [3.05, 3.63) is 24.3 Å². The summed E-state index contributed by atoms with van der Waals surface area (Å²) in [6.45, 7) is 4.85. The molecule has 0 aromatic carbocycles. The van der Waals surface area contributed by atoms with E-state index in [0.717, 1.165) is 38.5 Å². The van der Waals surface area contributed by atoms with Gasteiger partial charge in [-0.1, -0.05) is 295 Å². The molecular weight excluding hydrogens is 888 g/mol. The Kier molecular flexibility index (Phi) is 52.1. The van der Waals surface area contributed by atoms with Crippen LogP contribution in [0.25, 0.3) is 0 Å². The molecule has 0 aromatic rings. The van der Waals surface area contributed by atoms with Gasteiger partial charge in [-0.15, -0.1) is 0 Å². The molecule has 0 bridgehead atoms. The van der Waals surface area contributed by atoms with Crippen LogP contribution >= 0.6 is 7.82 Å². The molecule has 0 saturated heterocycles. The van der Waals surface area contributed by atoms with Crippen molar-refractivity contribution in [2.45, 2.75) is 321 Å². The van der Waals surface area contributed by atoms with E-state index in [1.807, 2.05) is 27.2 Å². The van der Waals surface area contributed by atoms with Gasteiger partial charge in [0.05, 0.1) is 39.9 Å². The summed E-state index contributed by atoms with van der Waals surface area (Å²) in [5, 5.41) is 13.9.